The molecular weight excluding hydrogens is 234 g/mol. The molecular formula is C13H16ClN3. The Morgan fingerprint density at radius 3 is 2.88 bits per heavy atom. The van der Waals surface area contributed by atoms with Crippen LogP contribution >= 0.6 is 11.6 Å². The van der Waals surface area contributed by atoms with Crippen LogP contribution in [0.25, 0.3) is 11.1 Å². The molecule has 1 aromatic heterocycles. The monoisotopic (exact) mass is 249 g/mol. The number of aryl methyl sites for hydroxylation is 1. The fraction of sp³-hybridized carbons (Fsp3) is 0.308. The molecule has 1 heterocycles. The molecule has 0 saturated heterocycles. The number of rotatable bonds is 4. The maximum absolute atomic E-state index is 6.02. The van der Waals surface area contributed by atoms with Crippen molar-refractivity contribution in [2.75, 3.05) is 7.05 Å². The highest BCUT2D eigenvalue weighted by atomic mass is 35.5. The first-order valence-corrected chi connectivity index (χ1v) is 6.08. The van der Waals surface area contributed by atoms with Crippen molar-refractivity contribution in [1.29, 1.82) is 0 Å². The Hall–Kier alpha value is -1.32. The molecule has 0 radical (unpaired) electrons. The minimum absolute atomic E-state index is 0.766. The van der Waals surface area contributed by atoms with Crippen molar-refractivity contribution in [1.82, 2.24) is 15.1 Å². The number of hydrogen-bond acceptors (Lipinski definition) is 2. The molecule has 0 aliphatic rings. The number of nitrogens with zero attached hydrogens (tertiary/aromatic N) is 2. The lowest BCUT2D eigenvalue weighted by Crippen LogP contribution is -2.06. The first-order chi connectivity index (χ1) is 8.24. The van der Waals surface area contributed by atoms with Crippen molar-refractivity contribution in [3.8, 4) is 11.1 Å². The van der Waals surface area contributed by atoms with Gasteiger partial charge < -0.3 is 5.32 Å². The molecule has 0 fully saturated rings. The average molecular weight is 250 g/mol. The van der Waals surface area contributed by atoms with Gasteiger partial charge in [0.2, 0.25) is 0 Å². The van der Waals surface area contributed by atoms with Crippen molar-refractivity contribution in [3.05, 3.63) is 41.2 Å². The van der Waals surface area contributed by atoms with Crippen molar-refractivity contribution in [2.45, 2.75) is 20.0 Å². The van der Waals surface area contributed by atoms with E-state index in [1.54, 1.807) is 0 Å². The second-order valence-electron chi connectivity index (χ2n) is 3.92. The van der Waals surface area contributed by atoms with Crippen LogP contribution in [-0.2, 0) is 13.1 Å². The van der Waals surface area contributed by atoms with Gasteiger partial charge in [-0.2, -0.15) is 5.10 Å². The van der Waals surface area contributed by atoms with Gasteiger partial charge in [0.1, 0.15) is 0 Å². The number of aromatic nitrogens is 2. The van der Waals surface area contributed by atoms with Gasteiger partial charge in [-0.15, -0.1) is 0 Å². The predicted octanol–water partition coefficient (Wildman–Crippen LogP) is 2.94. The Labute approximate surface area is 106 Å². The zero-order chi connectivity index (χ0) is 12.3. The van der Waals surface area contributed by atoms with Crippen molar-refractivity contribution in [3.63, 3.8) is 0 Å². The largest absolute Gasteiger partial charge is 0.316 e. The van der Waals surface area contributed by atoms with Crippen LogP contribution in [0, 0.1) is 0 Å². The molecule has 0 aliphatic carbocycles. The number of nitrogens with one attached hydrogen (secondary N) is 1. The smallest absolute Gasteiger partial charge is 0.0568 e. The van der Waals surface area contributed by atoms with E-state index in [0.29, 0.717) is 0 Å². The Balaban J connectivity index is 2.42. The first-order valence-electron chi connectivity index (χ1n) is 5.70. The Bertz CT molecular complexity index is 505. The summed E-state index contributed by atoms with van der Waals surface area (Å²) in [5, 5.41) is 8.22. The van der Waals surface area contributed by atoms with Gasteiger partial charge >= 0.3 is 0 Å². The number of hydrogen-bond donors (Lipinski definition) is 1. The van der Waals surface area contributed by atoms with Gasteiger partial charge in [0.05, 0.1) is 6.20 Å². The fourth-order valence-electron chi connectivity index (χ4n) is 1.86. The highest BCUT2D eigenvalue weighted by molar-refractivity contribution is 6.30. The molecule has 2 aromatic rings. The minimum Gasteiger partial charge on any atom is -0.316 e. The molecule has 2 rings (SSSR count). The fourth-order valence-corrected chi connectivity index (χ4v) is 2.05. The van der Waals surface area contributed by atoms with Gasteiger partial charge in [0.15, 0.2) is 0 Å². The van der Waals surface area contributed by atoms with Crippen LogP contribution in [0.1, 0.15) is 12.5 Å². The highest BCUT2D eigenvalue weighted by Crippen LogP contribution is 2.26. The molecule has 0 aliphatic heterocycles. The quantitative estimate of drug-likeness (QED) is 0.903. The normalized spacial score (nSPS) is 10.8. The minimum atomic E-state index is 0.766. The van der Waals surface area contributed by atoms with Gasteiger partial charge in [-0.3, -0.25) is 4.68 Å². The van der Waals surface area contributed by atoms with Crippen LogP contribution in [0.3, 0.4) is 0 Å². The number of halogens is 1. The summed E-state index contributed by atoms with van der Waals surface area (Å²) in [5.41, 5.74) is 3.51. The average Bonchev–Trinajstić information content (AvgIpc) is 2.78. The van der Waals surface area contributed by atoms with E-state index in [1.165, 1.54) is 11.1 Å². The van der Waals surface area contributed by atoms with Gasteiger partial charge in [-0.25, -0.2) is 0 Å². The van der Waals surface area contributed by atoms with Crippen molar-refractivity contribution in [2.24, 2.45) is 0 Å². The maximum atomic E-state index is 6.02. The Kier molecular flexibility index (Phi) is 3.82. The van der Waals surface area contributed by atoms with E-state index < -0.39 is 0 Å². The lowest BCUT2D eigenvalue weighted by molar-refractivity contribution is 0.660. The summed E-state index contributed by atoms with van der Waals surface area (Å²) < 4.78 is 1.92. The van der Waals surface area contributed by atoms with E-state index in [9.17, 15) is 0 Å². The van der Waals surface area contributed by atoms with E-state index in [-0.39, 0.29) is 0 Å². The van der Waals surface area contributed by atoms with Gasteiger partial charge in [-0.1, -0.05) is 17.7 Å². The lowest BCUT2D eigenvalue weighted by Gasteiger charge is -2.08. The van der Waals surface area contributed by atoms with Crippen LogP contribution in [0.15, 0.2) is 30.6 Å². The second-order valence-corrected chi connectivity index (χ2v) is 4.35. The lowest BCUT2D eigenvalue weighted by atomic mass is 10.0. The van der Waals surface area contributed by atoms with E-state index in [1.807, 2.05) is 36.1 Å². The molecule has 0 unspecified atom stereocenters. The maximum Gasteiger partial charge on any atom is 0.0568 e. The summed E-state index contributed by atoms with van der Waals surface area (Å²) in [6, 6.07) is 5.96. The van der Waals surface area contributed by atoms with Crippen LogP contribution in [0.2, 0.25) is 5.02 Å². The second kappa shape index (κ2) is 5.34. The third-order valence-electron chi connectivity index (χ3n) is 2.70. The van der Waals surface area contributed by atoms with Crippen molar-refractivity contribution < 1.29 is 0 Å². The van der Waals surface area contributed by atoms with Gasteiger partial charge in [-0.05, 0) is 37.2 Å². The first kappa shape index (κ1) is 12.1. The summed E-state index contributed by atoms with van der Waals surface area (Å²) >= 11 is 6.02. The molecule has 1 N–H and O–H groups in total. The third kappa shape index (κ3) is 2.68. The Morgan fingerprint density at radius 1 is 1.41 bits per heavy atom. The van der Waals surface area contributed by atoms with E-state index >= 15 is 0 Å². The third-order valence-corrected chi connectivity index (χ3v) is 2.94. The summed E-state index contributed by atoms with van der Waals surface area (Å²) in [6.07, 6.45) is 3.95. The summed E-state index contributed by atoms with van der Waals surface area (Å²) in [7, 11) is 1.93. The predicted molar refractivity (Wildman–Crippen MR) is 71.1 cm³/mol. The molecule has 0 atom stereocenters. The summed E-state index contributed by atoms with van der Waals surface area (Å²) in [6.45, 7) is 3.76. The summed E-state index contributed by atoms with van der Waals surface area (Å²) in [4.78, 5) is 0. The van der Waals surface area contributed by atoms with E-state index in [2.05, 4.69) is 23.5 Å². The van der Waals surface area contributed by atoms with Crippen LogP contribution in [-0.4, -0.2) is 16.8 Å². The Morgan fingerprint density at radius 2 is 2.24 bits per heavy atom. The molecule has 17 heavy (non-hydrogen) atoms. The van der Waals surface area contributed by atoms with E-state index in [4.69, 9.17) is 11.6 Å². The topological polar surface area (TPSA) is 29.9 Å². The molecule has 90 valence electrons. The summed E-state index contributed by atoms with van der Waals surface area (Å²) in [5.74, 6) is 0. The highest BCUT2D eigenvalue weighted by Gasteiger charge is 2.07. The zero-order valence-electron chi connectivity index (χ0n) is 10.1. The molecule has 1 aromatic carbocycles. The molecule has 0 spiro atoms. The molecule has 0 bridgehead atoms. The van der Waals surface area contributed by atoms with Crippen molar-refractivity contribution >= 4 is 11.6 Å². The standard InChI is InChI=1S/C13H16ClN3/c1-3-17-9-11(8-16-17)13-5-4-12(14)6-10(13)7-15-2/h4-6,8-9,15H,3,7H2,1-2H3. The van der Waals surface area contributed by atoms with Gasteiger partial charge in [0.25, 0.3) is 0 Å². The SMILES string of the molecule is CCn1cc(-c2ccc(Cl)cc2CNC)cn1. The van der Waals surface area contributed by atoms with Crippen LogP contribution < -0.4 is 5.32 Å². The zero-order valence-corrected chi connectivity index (χ0v) is 10.8. The molecule has 3 nitrogen and oxygen atoms in total. The molecule has 0 saturated carbocycles. The van der Waals surface area contributed by atoms with Crippen LogP contribution in [0.5, 0.6) is 0 Å². The molecule has 4 heteroatoms. The van der Waals surface area contributed by atoms with Gasteiger partial charge in [0, 0.05) is 29.9 Å². The van der Waals surface area contributed by atoms with E-state index in [0.717, 1.165) is 23.7 Å². The number of benzene rings is 1. The van der Waals surface area contributed by atoms with Crippen LogP contribution in [0.4, 0.5) is 0 Å². The molecule has 0 amide bonds.